The number of aromatic nitrogens is 1. The van der Waals surface area contributed by atoms with Crippen molar-refractivity contribution in [3.63, 3.8) is 0 Å². The minimum Gasteiger partial charge on any atom is -0.438 e. The molecule has 1 N–H and O–H groups in total. The van der Waals surface area contributed by atoms with Crippen LogP contribution in [-0.4, -0.2) is 34.2 Å². The molecule has 0 bridgehead atoms. The minimum absolute atomic E-state index is 0.278. The molecular weight excluding hydrogens is 312 g/mol. The van der Waals surface area contributed by atoms with E-state index in [1.54, 1.807) is 6.20 Å². The van der Waals surface area contributed by atoms with E-state index in [4.69, 9.17) is 4.74 Å². The first kappa shape index (κ1) is 16.2. The van der Waals surface area contributed by atoms with Crippen molar-refractivity contribution >= 4 is 5.57 Å². The van der Waals surface area contributed by atoms with E-state index in [2.05, 4.69) is 35.0 Å². The fourth-order valence-corrected chi connectivity index (χ4v) is 3.75. The average Bonchev–Trinajstić information content (AvgIpc) is 2.80. The van der Waals surface area contributed by atoms with Crippen molar-refractivity contribution in [2.75, 3.05) is 13.1 Å². The number of piperidine rings is 1. The molecule has 0 saturated carbocycles. The number of aliphatic hydroxyl groups is 1. The number of likely N-dealkylation sites (tertiary alicyclic amines) is 1. The third-order valence-corrected chi connectivity index (χ3v) is 4.97. The topological polar surface area (TPSA) is 45.6 Å². The molecule has 3 heterocycles. The zero-order valence-corrected chi connectivity index (χ0v) is 14.6. The SMILES string of the molecule is CCCN1CCC(O)CC1=C1C=C2CC=CC=C2Oc2ncccc21. The molecule has 4 rings (SSSR count). The number of pyridine rings is 1. The molecule has 1 saturated heterocycles. The van der Waals surface area contributed by atoms with Gasteiger partial charge in [0.2, 0.25) is 5.88 Å². The van der Waals surface area contributed by atoms with Gasteiger partial charge in [-0.05, 0) is 49.1 Å². The van der Waals surface area contributed by atoms with Crippen LogP contribution in [0.25, 0.3) is 5.57 Å². The highest BCUT2D eigenvalue weighted by molar-refractivity contribution is 5.82. The Hall–Kier alpha value is -2.33. The smallest absolute Gasteiger partial charge is 0.227 e. The molecule has 25 heavy (non-hydrogen) atoms. The van der Waals surface area contributed by atoms with Gasteiger partial charge in [0, 0.05) is 42.5 Å². The second-order valence-electron chi connectivity index (χ2n) is 6.78. The summed E-state index contributed by atoms with van der Waals surface area (Å²) in [4.78, 5) is 6.89. The van der Waals surface area contributed by atoms with E-state index in [0.29, 0.717) is 12.3 Å². The van der Waals surface area contributed by atoms with Crippen molar-refractivity contribution in [1.82, 2.24) is 9.88 Å². The van der Waals surface area contributed by atoms with Crippen LogP contribution in [-0.2, 0) is 0 Å². The maximum absolute atomic E-state index is 10.3. The van der Waals surface area contributed by atoms with Gasteiger partial charge in [-0.15, -0.1) is 0 Å². The Balaban J connectivity index is 1.90. The van der Waals surface area contributed by atoms with Gasteiger partial charge in [-0.1, -0.05) is 19.1 Å². The van der Waals surface area contributed by atoms with Gasteiger partial charge in [0.05, 0.1) is 6.10 Å². The molecule has 3 aliphatic rings. The lowest BCUT2D eigenvalue weighted by atomic mass is 9.93. The van der Waals surface area contributed by atoms with E-state index in [0.717, 1.165) is 49.2 Å². The average molecular weight is 336 g/mol. The number of aliphatic hydroxyl groups excluding tert-OH is 1. The largest absolute Gasteiger partial charge is 0.438 e. The zero-order valence-electron chi connectivity index (χ0n) is 14.6. The van der Waals surface area contributed by atoms with Crippen molar-refractivity contribution in [3.05, 3.63) is 65.2 Å². The number of hydrogen-bond donors (Lipinski definition) is 1. The van der Waals surface area contributed by atoms with Gasteiger partial charge >= 0.3 is 0 Å². The van der Waals surface area contributed by atoms with Crippen LogP contribution in [0.15, 0.2) is 59.7 Å². The Morgan fingerprint density at radius 2 is 2.32 bits per heavy atom. The molecular formula is C21H24N2O2. The molecule has 0 radical (unpaired) electrons. The van der Waals surface area contributed by atoms with E-state index in [1.807, 2.05) is 18.2 Å². The lowest BCUT2D eigenvalue weighted by Gasteiger charge is -2.35. The van der Waals surface area contributed by atoms with Crippen LogP contribution in [0.2, 0.25) is 0 Å². The highest BCUT2D eigenvalue weighted by Crippen LogP contribution is 2.39. The summed E-state index contributed by atoms with van der Waals surface area (Å²) in [5, 5.41) is 10.3. The third-order valence-electron chi connectivity index (χ3n) is 4.97. The Morgan fingerprint density at radius 1 is 1.40 bits per heavy atom. The molecule has 1 atom stereocenters. The summed E-state index contributed by atoms with van der Waals surface area (Å²) in [5.74, 6) is 1.52. The van der Waals surface area contributed by atoms with Crippen LogP contribution in [0.5, 0.6) is 5.88 Å². The fraction of sp³-hybridized carbons (Fsp3) is 0.381. The molecule has 2 aliphatic heterocycles. The molecule has 1 aromatic heterocycles. The first-order valence-electron chi connectivity index (χ1n) is 9.13. The molecule has 1 unspecified atom stereocenters. The number of fused-ring (bicyclic) bond motifs is 2. The standard InChI is InChI=1S/C21H24N2O2/c1-2-11-23-12-9-16(24)14-19(23)18-13-15-6-3-4-8-20(15)25-21-17(18)7-5-10-22-21/h3-5,7-8,10,13,16,24H,2,6,9,11-12,14H2,1H3. The van der Waals surface area contributed by atoms with Gasteiger partial charge in [0.1, 0.15) is 5.76 Å². The Bertz CT molecular complexity index is 789. The second-order valence-corrected chi connectivity index (χ2v) is 6.78. The van der Waals surface area contributed by atoms with Crippen molar-refractivity contribution < 1.29 is 9.84 Å². The van der Waals surface area contributed by atoms with E-state index < -0.39 is 0 Å². The van der Waals surface area contributed by atoms with Gasteiger partial charge in [-0.2, -0.15) is 0 Å². The van der Waals surface area contributed by atoms with Gasteiger partial charge < -0.3 is 14.7 Å². The number of nitrogens with zero attached hydrogens (tertiary/aromatic N) is 2. The molecule has 130 valence electrons. The predicted octanol–water partition coefficient (Wildman–Crippen LogP) is 3.82. The number of allylic oxidation sites excluding steroid dienone is 6. The summed E-state index contributed by atoms with van der Waals surface area (Å²) in [6, 6.07) is 4.02. The summed E-state index contributed by atoms with van der Waals surface area (Å²) >= 11 is 0. The van der Waals surface area contributed by atoms with Crippen molar-refractivity contribution in [2.24, 2.45) is 0 Å². The van der Waals surface area contributed by atoms with Crippen LogP contribution in [0.1, 0.15) is 38.2 Å². The maximum atomic E-state index is 10.3. The fourth-order valence-electron chi connectivity index (χ4n) is 3.75. The zero-order chi connectivity index (χ0) is 17.2. The Kier molecular flexibility index (Phi) is 4.45. The number of hydrogen-bond acceptors (Lipinski definition) is 4. The summed E-state index contributed by atoms with van der Waals surface area (Å²) < 4.78 is 6.12. The van der Waals surface area contributed by atoms with Gasteiger partial charge in [-0.25, -0.2) is 4.98 Å². The van der Waals surface area contributed by atoms with Gasteiger partial charge in [0.25, 0.3) is 0 Å². The third kappa shape index (κ3) is 3.14. The highest BCUT2D eigenvalue weighted by Gasteiger charge is 2.27. The van der Waals surface area contributed by atoms with Crippen LogP contribution in [0.4, 0.5) is 0 Å². The van der Waals surface area contributed by atoms with E-state index >= 15 is 0 Å². The summed E-state index contributed by atoms with van der Waals surface area (Å²) in [5.41, 5.74) is 4.53. The quantitative estimate of drug-likeness (QED) is 0.892. The second kappa shape index (κ2) is 6.89. The number of ether oxygens (including phenoxy) is 1. The van der Waals surface area contributed by atoms with E-state index in [-0.39, 0.29) is 6.10 Å². The van der Waals surface area contributed by atoms with Gasteiger partial charge in [0.15, 0.2) is 0 Å². The summed E-state index contributed by atoms with van der Waals surface area (Å²) in [6.45, 7) is 4.11. The summed E-state index contributed by atoms with van der Waals surface area (Å²) in [7, 11) is 0. The predicted molar refractivity (Wildman–Crippen MR) is 98.8 cm³/mol. The molecule has 0 spiro atoms. The van der Waals surface area contributed by atoms with Crippen molar-refractivity contribution in [1.29, 1.82) is 0 Å². The van der Waals surface area contributed by atoms with Crippen LogP contribution < -0.4 is 4.74 Å². The maximum Gasteiger partial charge on any atom is 0.227 e. The normalized spacial score (nSPS) is 25.4. The number of rotatable bonds is 2. The molecule has 1 aliphatic carbocycles. The molecule has 1 aromatic rings. The van der Waals surface area contributed by atoms with Gasteiger partial charge in [-0.3, -0.25) is 0 Å². The molecule has 4 nitrogen and oxygen atoms in total. The lowest BCUT2D eigenvalue weighted by Crippen LogP contribution is -2.35. The van der Waals surface area contributed by atoms with E-state index in [1.165, 1.54) is 11.3 Å². The Morgan fingerprint density at radius 3 is 3.20 bits per heavy atom. The molecule has 1 fully saturated rings. The molecule has 0 amide bonds. The van der Waals surface area contributed by atoms with Crippen LogP contribution in [0, 0.1) is 0 Å². The van der Waals surface area contributed by atoms with Crippen molar-refractivity contribution in [2.45, 2.75) is 38.7 Å². The van der Waals surface area contributed by atoms with Crippen LogP contribution in [0.3, 0.4) is 0 Å². The molecule has 0 aromatic carbocycles. The minimum atomic E-state index is -0.278. The van der Waals surface area contributed by atoms with Crippen molar-refractivity contribution in [3.8, 4) is 5.88 Å². The monoisotopic (exact) mass is 336 g/mol. The first-order valence-corrected chi connectivity index (χ1v) is 9.13. The molecule has 4 heteroatoms. The first-order chi connectivity index (χ1) is 12.3. The van der Waals surface area contributed by atoms with E-state index in [9.17, 15) is 5.11 Å². The van der Waals surface area contributed by atoms with Crippen LogP contribution >= 0.6 is 0 Å². The summed E-state index contributed by atoms with van der Waals surface area (Å²) in [6.07, 6.45) is 13.4. The lowest BCUT2D eigenvalue weighted by molar-refractivity contribution is 0.111. The highest BCUT2D eigenvalue weighted by atomic mass is 16.5. The Labute approximate surface area is 148 Å².